The second kappa shape index (κ2) is 10.3. The van der Waals surface area contributed by atoms with E-state index in [1.807, 2.05) is 26.0 Å². The van der Waals surface area contributed by atoms with Crippen molar-refractivity contribution < 1.29 is 23.8 Å². The van der Waals surface area contributed by atoms with Gasteiger partial charge in [0.25, 0.3) is 5.78 Å². The van der Waals surface area contributed by atoms with Crippen molar-refractivity contribution in [1.82, 2.24) is 19.6 Å². The van der Waals surface area contributed by atoms with Crippen molar-refractivity contribution >= 4 is 17.5 Å². The van der Waals surface area contributed by atoms with Gasteiger partial charge >= 0.3 is 5.97 Å². The number of aliphatic hydroxyl groups excluding tert-OH is 1. The molecule has 2 aliphatic rings. The predicted molar refractivity (Wildman–Crippen MR) is 133 cm³/mol. The number of carbonyl (C=O) groups is 2. The van der Waals surface area contributed by atoms with Gasteiger partial charge in [-0.3, -0.25) is 9.59 Å². The van der Waals surface area contributed by atoms with Crippen molar-refractivity contribution in [1.29, 1.82) is 0 Å². The molecule has 1 aliphatic carbocycles. The smallest absolute Gasteiger partial charge is 0.317 e. The van der Waals surface area contributed by atoms with E-state index in [2.05, 4.69) is 15.1 Å². The van der Waals surface area contributed by atoms with Crippen LogP contribution in [0.2, 0.25) is 0 Å². The first-order valence-corrected chi connectivity index (χ1v) is 13.1. The highest BCUT2D eigenvalue weighted by molar-refractivity contribution is 6.01. The fourth-order valence-electron chi connectivity index (χ4n) is 5.98. The molecule has 2 fully saturated rings. The summed E-state index contributed by atoms with van der Waals surface area (Å²) in [6.07, 6.45) is 5.38. The molecule has 1 saturated carbocycles. The number of rotatable bonds is 8. The van der Waals surface area contributed by atoms with Crippen LogP contribution < -0.4 is 0 Å². The molecule has 2 atom stereocenters. The highest BCUT2D eigenvalue weighted by Gasteiger charge is 2.51. The summed E-state index contributed by atoms with van der Waals surface area (Å²) >= 11 is 0. The van der Waals surface area contributed by atoms with Crippen LogP contribution in [0, 0.1) is 31.5 Å². The Labute approximate surface area is 215 Å². The second-order valence-corrected chi connectivity index (χ2v) is 10.5. The van der Waals surface area contributed by atoms with Crippen molar-refractivity contribution in [2.75, 3.05) is 6.61 Å². The zero-order chi connectivity index (χ0) is 26.2. The maximum absolute atomic E-state index is 14.4. The number of hydrogen-bond acceptors (Lipinski definition) is 7. The van der Waals surface area contributed by atoms with Crippen LogP contribution in [0.4, 0.5) is 4.39 Å². The average molecular weight is 509 g/mol. The molecule has 37 heavy (non-hydrogen) atoms. The first-order chi connectivity index (χ1) is 17.8. The number of halogens is 1. The third kappa shape index (κ3) is 5.14. The number of aliphatic hydroxyl groups is 1. The molecule has 0 radical (unpaired) electrons. The molecule has 1 saturated heterocycles. The maximum Gasteiger partial charge on any atom is 0.317 e. The fourth-order valence-corrected chi connectivity index (χ4v) is 5.98. The number of aromatic nitrogens is 4. The van der Waals surface area contributed by atoms with Gasteiger partial charge < -0.3 is 9.84 Å². The lowest BCUT2D eigenvalue weighted by atomic mass is 9.73. The zero-order valence-corrected chi connectivity index (χ0v) is 21.4. The van der Waals surface area contributed by atoms with Crippen LogP contribution >= 0.6 is 0 Å². The summed E-state index contributed by atoms with van der Waals surface area (Å²) in [6.45, 7) is 3.67. The van der Waals surface area contributed by atoms with E-state index < -0.39 is 17.5 Å². The van der Waals surface area contributed by atoms with Gasteiger partial charge in [-0.15, -0.1) is 5.10 Å². The molecular weight excluding hydrogens is 475 g/mol. The number of benzene rings is 1. The Morgan fingerprint density at radius 1 is 1.14 bits per heavy atom. The Bertz CT molecular complexity index is 1310. The number of Topliss-reactive ketones (excluding diaryl/α,β-unsaturated/α-hetero) is 1. The Hall–Kier alpha value is -3.20. The number of fused-ring (bicyclic) bond motifs is 1. The van der Waals surface area contributed by atoms with Gasteiger partial charge in [-0.1, -0.05) is 25.0 Å². The van der Waals surface area contributed by atoms with Gasteiger partial charge in [0, 0.05) is 30.8 Å². The minimum atomic E-state index is -0.941. The van der Waals surface area contributed by atoms with Gasteiger partial charge in [0.05, 0.1) is 0 Å². The standard InChI is InChI=1S/C28H33FN4O4/c1-17-13-18(2)33-27(30-17)31-25(32-33)15-22-24(35)16-28(37-26(22)36,21-5-3-4-6-21)11-9-19-7-8-20(10-12-34)23(29)14-19/h7-8,13-14,21-22,34H,3-6,9-12,15-16H2,1-2H3. The van der Waals surface area contributed by atoms with Crippen molar-refractivity contribution in [3.05, 3.63) is 58.4 Å². The first kappa shape index (κ1) is 25.4. The van der Waals surface area contributed by atoms with E-state index in [1.54, 1.807) is 10.6 Å². The summed E-state index contributed by atoms with van der Waals surface area (Å²) in [5, 5.41) is 13.6. The molecule has 3 heterocycles. The molecule has 5 rings (SSSR count). The molecule has 0 spiro atoms. The van der Waals surface area contributed by atoms with Crippen LogP contribution in [-0.2, 0) is 33.6 Å². The first-order valence-electron chi connectivity index (χ1n) is 13.1. The molecule has 1 aromatic carbocycles. The highest BCUT2D eigenvalue weighted by atomic mass is 19.1. The van der Waals surface area contributed by atoms with E-state index in [0.29, 0.717) is 30.0 Å². The third-order valence-electron chi connectivity index (χ3n) is 7.93. The molecule has 1 aliphatic heterocycles. The van der Waals surface area contributed by atoms with E-state index in [9.17, 15) is 14.0 Å². The number of cyclic esters (lactones) is 1. The summed E-state index contributed by atoms with van der Waals surface area (Å²) in [5.74, 6) is -1.01. The second-order valence-electron chi connectivity index (χ2n) is 10.5. The van der Waals surface area contributed by atoms with Crippen molar-refractivity contribution in [3.63, 3.8) is 0 Å². The zero-order valence-electron chi connectivity index (χ0n) is 21.4. The number of carbonyl (C=O) groups excluding carboxylic acids is 2. The lowest BCUT2D eigenvalue weighted by Gasteiger charge is -2.43. The van der Waals surface area contributed by atoms with Crippen molar-refractivity contribution in [3.8, 4) is 0 Å². The normalized spacial score (nSPS) is 22.6. The lowest BCUT2D eigenvalue weighted by Crippen LogP contribution is -2.52. The van der Waals surface area contributed by atoms with Crippen LogP contribution in [0.15, 0.2) is 24.3 Å². The van der Waals surface area contributed by atoms with Gasteiger partial charge in [-0.2, -0.15) is 4.98 Å². The SMILES string of the molecule is Cc1cc(C)n2nc(CC3C(=O)CC(CCc4ccc(CCO)c(F)c4)(C4CCCC4)OC3=O)nc2n1. The summed E-state index contributed by atoms with van der Waals surface area (Å²) in [6, 6.07) is 6.92. The molecule has 2 unspecified atom stereocenters. The van der Waals surface area contributed by atoms with Crippen LogP contribution in [0.1, 0.15) is 66.9 Å². The van der Waals surface area contributed by atoms with Crippen LogP contribution in [0.3, 0.4) is 0 Å². The summed E-state index contributed by atoms with van der Waals surface area (Å²) in [7, 11) is 0. The van der Waals surface area contributed by atoms with Gasteiger partial charge in [0.2, 0.25) is 0 Å². The van der Waals surface area contributed by atoms with Crippen molar-refractivity contribution in [2.45, 2.75) is 77.2 Å². The van der Waals surface area contributed by atoms with Crippen molar-refractivity contribution in [2.24, 2.45) is 11.8 Å². The third-order valence-corrected chi connectivity index (χ3v) is 7.93. The fraction of sp³-hybridized carbons (Fsp3) is 0.536. The van der Waals surface area contributed by atoms with Crippen LogP contribution in [-0.4, -0.2) is 48.6 Å². The summed E-state index contributed by atoms with van der Waals surface area (Å²) in [4.78, 5) is 35.6. The van der Waals surface area contributed by atoms with E-state index in [0.717, 1.165) is 42.6 Å². The minimum Gasteiger partial charge on any atom is -0.458 e. The number of ketones is 1. The molecule has 1 N–H and O–H groups in total. The molecule has 8 nitrogen and oxygen atoms in total. The van der Waals surface area contributed by atoms with Gasteiger partial charge in [0.15, 0.2) is 11.6 Å². The van der Waals surface area contributed by atoms with E-state index in [4.69, 9.17) is 9.84 Å². The molecule has 196 valence electrons. The van der Waals surface area contributed by atoms with Crippen LogP contribution in [0.5, 0.6) is 0 Å². The highest BCUT2D eigenvalue weighted by Crippen LogP contribution is 2.45. The topological polar surface area (TPSA) is 107 Å². The number of esters is 1. The van der Waals surface area contributed by atoms with Gasteiger partial charge in [-0.05, 0) is 75.1 Å². The average Bonchev–Trinajstić information content (AvgIpc) is 3.53. The monoisotopic (exact) mass is 508 g/mol. The number of nitrogens with zero attached hydrogens (tertiary/aromatic N) is 4. The van der Waals surface area contributed by atoms with Gasteiger partial charge in [0.1, 0.15) is 17.3 Å². The van der Waals surface area contributed by atoms with Crippen LogP contribution in [0.25, 0.3) is 5.78 Å². The lowest BCUT2D eigenvalue weighted by molar-refractivity contribution is -0.185. The Morgan fingerprint density at radius 3 is 2.62 bits per heavy atom. The number of aryl methyl sites for hydroxylation is 3. The summed E-state index contributed by atoms with van der Waals surface area (Å²) < 4.78 is 22.2. The maximum atomic E-state index is 14.4. The molecular formula is C28H33FN4O4. The van der Waals surface area contributed by atoms with E-state index in [1.165, 1.54) is 6.07 Å². The molecule has 3 aromatic rings. The van der Waals surface area contributed by atoms with E-state index >= 15 is 0 Å². The minimum absolute atomic E-state index is 0.0811. The molecule has 9 heteroatoms. The van der Waals surface area contributed by atoms with Gasteiger partial charge in [-0.25, -0.2) is 13.9 Å². The summed E-state index contributed by atoms with van der Waals surface area (Å²) in [5.41, 5.74) is 2.08. The Morgan fingerprint density at radius 2 is 1.92 bits per heavy atom. The number of ether oxygens (including phenoxy) is 1. The quantitative estimate of drug-likeness (QED) is 0.366. The molecule has 2 aromatic heterocycles. The van der Waals surface area contributed by atoms with E-state index in [-0.39, 0.29) is 43.4 Å². The largest absolute Gasteiger partial charge is 0.458 e. The Kier molecular flexibility index (Phi) is 7.07. The predicted octanol–water partition coefficient (Wildman–Crippen LogP) is 3.65. The molecule has 0 bridgehead atoms. The molecule has 0 amide bonds. The Balaban J connectivity index is 1.34. The number of hydrogen-bond donors (Lipinski definition) is 1.